The van der Waals surface area contributed by atoms with Gasteiger partial charge in [0.2, 0.25) is 0 Å². The summed E-state index contributed by atoms with van der Waals surface area (Å²) in [5, 5.41) is 9.32. The normalized spacial score (nSPS) is 11.0. The Kier molecular flexibility index (Phi) is 3.94. The third kappa shape index (κ3) is 2.72. The molecule has 0 aliphatic carbocycles. The summed E-state index contributed by atoms with van der Waals surface area (Å²) < 4.78 is 27.5. The molecule has 2 aromatic carbocycles. The van der Waals surface area contributed by atoms with Crippen molar-refractivity contribution < 1.29 is 8.78 Å². The van der Waals surface area contributed by atoms with E-state index in [1.54, 1.807) is 22.9 Å². The molecule has 0 aliphatic heterocycles. The fourth-order valence-corrected chi connectivity index (χ4v) is 3.02. The van der Waals surface area contributed by atoms with Crippen LogP contribution < -0.4 is 0 Å². The molecule has 4 aromatic rings. The molecule has 4 rings (SSSR count). The van der Waals surface area contributed by atoms with Crippen molar-refractivity contribution in [3.05, 3.63) is 84.2 Å². The van der Waals surface area contributed by atoms with Gasteiger partial charge in [-0.1, -0.05) is 36.4 Å². The SMILES string of the molecule is N#Cc1ccccc1-c1cccc(-c2cnc3cc(C(F)F)ccn23)c1. The molecule has 126 valence electrons. The number of hydrogen-bond donors (Lipinski definition) is 0. The van der Waals surface area contributed by atoms with Gasteiger partial charge in [0, 0.05) is 17.3 Å². The van der Waals surface area contributed by atoms with E-state index in [1.165, 1.54) is 12.1 Å². The zero-order chi connectivity index (χ0) is 18.1. The second-order valence-corrected chi connectivity index (χ2v) is 5.87. The molecule has 0 unspecified atom stereocenters. The van der Waals surface area contributed by atoms with E-state index < -0.39 is 6.43 Å². The van der Waals surface area contributed by atoms with Crippen LogP contribution in [0.3, 0.4) is 0 Å². The number of nitrogens with zero attached hydrogens (tertiary/aromatic N) is 3. The fourth-order valence-electron chi connectivity index (χ4n) is 3.02. The van der Waals surface area contributed by atoms with Crippen molar-refractivity contribution in [1.29, 1.82) is 5.26 Å². The second-order valence-electron chi connectivity index (χ2n) is 5.87. The summed E-state index contributed by atoms with van der Waals surface area (Å²) in [6.45, 7) is 0. The molecule has 0 N–H and O–H groups in total. The standard InChI is InChI=1S/C21H13F2N3/c22-21(23)16-8-9-26-19(13-25-20(26)11-16)15-6-3-5-14(10-15)18-7-2-1-4-17(18)12-24/h1-11,13,21H. The van der Waals surface area contributed by atoms with Crippen LogP contribution in [0.5, 0.6) is 0 Å². The van der Waals surface area contributed by atoms with Gasteiger partial charge in [0.25, 0.3) is 6.43 Å². The molecule has 0 amide bonds. The zero-order valence-corrected chi connectivity index (χ0v) is 13.6. The van der Waals surface area contributed by atoms with Gasteiger partial charge >= 0.3 is 0 Å². The van der Waals surface area contributed by atoms with Crippen molar-refractivity contribution >= 4 is 5.65 Å². The Bertz CT molecular complexity index is 1140. The first-order valence-electron chi connectivity index (χ1n) is 8.02. The molecule has 2 heterocycles. The molecule has 0 bridgehead atoms. The van der Waals surface area contributed by atoms with Crippen molar-refractivity contribution in [2.75, 3.05) is 0 Å². The number of alkyl halides is 2. The summed E-state index contributed by atoms with van der Waals surface area (Å²) >= 11 is 0. The lowest BCUT2D eigenvalue weighted by Gasteiger charge is -2.08. The Morgan fingerprint density at radius 1 is 0.962 bits per heavy atom. The van der Waals surface area contributed by atoms with Crippen LogP contribution in [-0.2, 0) is 0 Å². The Balaban J connectivity index is 1.83. The predicted octanol–water partition coefficient (Wildman–Crippen LogP) is 5.48. The molecule has 3 nitrogen and oxygen atoms in total. The lowest BCUT2D eigenvalue weighted by atomic mass is 9.98. The number of aromatic nitrogens is 2. The zero-order valence-electron chi connectivity index (χ0n) is 13.6. The topological polar surface area (TPSA) is 41.1 Å². The Morgan fingerprint density at radius 3 is 2.58 bits per heavy atom. The highest BCUT2D eigenvalue weighted by Crippen LogP contribution is 2.29. The summed E-state index contributed by atoms with van der Waals surface area (Å²) in [6.07, 6.45) is 0.751. The number of nitriles is 1. The summed E-state index contributed by atoms with van der Waals surface area (Å²) in [5.41, 5.74) is 4.49. The maximum atomic E-state index is 12.9. The summed E-state index contributed by atoms with van der Waals surface area (Å²) in [4.78, 5) is 4.25. The molecule has 0 saturated heterocycles. The molecule has 0 spiro atoms. The third-order valence-corrected chi connectivity index (χ3v) is 4.31. The molecule has 0 fully saturated rings. The molecular weight excluding hydrogens is 332 g/mol. The highest BCUT2D eigenvalue weighted by Gasteiger charge is 2.12. The summed E-state index contributed by atoms with van der Waals surface area (Å²) in [6, 6.07) is 20.2. The van der Waals surface area contributed by atoms with E-state index in [1.807, 2.05) is 42.5 Å². The number of imidazole rings is 1. The molecular formula is C21H13F2N3. The van der Waals surface area contributed by atoms with E-state index in [0.717, 1.165) is 22.4 Å². The van der Waals surface area contributed by atoms with Crippen LogP contribution in [0.2, 0.25) is 0 Å². The maximum Gasteiger partial charge on any atom is 0.264 e. The Morgan fingerprint density at radius 2 is 1.77 bits per heavy atom. The van der Waals surface area contributed by atoms with Crippen molar-refractivity contribution in [3.8, 4) is 28.5 Å². The average molecular weight is 345 g/mol. The van der Waals surface area contributed by atoms with E-state index in [9.17, 15) is 14.0 Å². The number of fused-ring (bicyclic) bond motifs is 1. The van der Waals surface area contributed by atoms with Crippen molar-refractivity contribution in [3.63, 3.8) is 0 Å². The van der Waals surface area contributed by atoms with Crippen molar-refractivity contribution in [2.45, 2.75) is 6.43 Å². The highest BCUT2D eigenvalue weighted by atomic mass is 19.3. The first-order chi connectivity index (χ1) is 12.7. The van der Waals surface area contributed by atoms with Gasteiger partial charge in [-0.2, -0.15) is 5.26 Å². The van der Waals surface area contributed by atoms with Crippen LogP contribution in [0, 0.1) is 11.3 Å². The van der Waals surface area contributed by atoms with E-state index in [0.29, 0.717) is 11.2 Å². The molecule has 0 atom stereocenters. The minimum absolute atomic E-state index is 0.0497. The summed E-state index contributed by atoms with van der Waals surface area (Å²) in [7, 11) is 0. The Hall–Kier alpha value is -3.52. The van der Waals surface area contributed by atoms with Gasteiger partial charge in [-0.15, -0.1) is 0 Å². The fraction of sp³-hybridized carbons (Fsp3) is 0.0476. The quantitative estimate of drug-likeness (QED) is 0.493. The number of benzene rings is 2. The minimum atomic E-state index is -2.52. The van der Waals surface area contributed by atoms with Gasteiger partial charge in [-0.25, -0.2) is 13.8 Å². The molecule has 5 heteroatoms. The van der Waals surface area contributed by atoms with Crippen LogP contribution in [0.25, 0.3) is 28.0 Å². The third-order valence-electron chi connectivity index (χ3n) is 4.31. The largest absolute Gasteiger partial charge is 0.300 e. The van der Waals surface area contributed by atoms with E-state index in [4.69, 9.17) is 0 Å². The molecule has 2 aromatic heterocycles. The molecule has 0 aliphatic rings. The van der Waals surface area contributed by atoms with E-state index in [2.05, 4.69) is 11.1 Å². The smallest absolute Gasteiger partial charge is 0.264 e. The summed E-state index contributed by atoms with van der Waals surface area (Å²) in [5.74, 6) is 0. The first-order valence-corrected chi connectivity index (χ1v) is 8.02. The molecule has 0 saturated carbocycles. The van der Waals surface area contributed by atoms with E-state index >= 15 is 0 Å². The van der Waals surface area contributed by atoms with Gasteiger partial charge in [-0.05, 0) is 35.4 Å². The minimum Gasteiger partial charge on any atom is -0.300 e. The molecule has 0 radical (unpaired) electrons. The lowest BCUT2D eigenvalue weighted by molar-refractivity contribution is 0.151. The number of hydrogen-bond acceptors (Lipinski definition) is 2. The number of pyridine rings is 1. The van der Waals surface area contributed by atoms with Gasteiger partial charge in [-0.3, -0.25) is 4.40 Å². The highest BCUT2D eigenvalue weighted by molar-refractivity contribution is 5.76. The van der Waals surface area contributed by atoms with Crippen LogP contribution >= 0.6 is 0 Å². The van der Waals surface area contributed by atoms with Gasteiger partial charge in [0.05, 0.1) is 23.5 Å². The van der Waals surface area contributed by atoms with Gasteiger partial charge < -0.3 is 0 Å². The number of halogens is 2. The number of rotatable bonds is 3. The van der Waals surface area contributed by atoms with Gasteiger partial charge in [0.1, 0.15) is 5.65 Å². The van der Waals surface area contributed by atoms with Crippen LogP contribution in [-0.4, -0.2) is 9.38 Å². The van der Waals surface area contributed by atoms with Crippen LogP contribution in [0.15, 0.2) is 73.1 Å². The monoisotopic (exact) mass is 345 g/mol. The van der Waals surface area contributed by atoms with E-state index in [-0.39, 0.29) is 5.56 Å². The Labute approximate surface area is 148 Å². The van der Waals surface area contributed by atoms with Crippen LogP contribution in [0.1, 0.15) is 17.6 Å². The van der Waals surface area contributed by atoms with Gasteiger partial charge in [0.15, 0.2) is 0 Å². The van der Waals surface area contributed by atoms with Crippen molar-refractivity contribution in [2.24, 2.45) is 0 Å². The maximum absolute atomic E-state index is 12.9. The second kappa shape index (κ2) is 6.41. The first kappa shape index (κ1) is 16.0. The predicted molar refractivity (Wildman–Crippen MR) is 95.7 cm³/mol. The average Bonchev–Trinajstić information content (AvgIpc) is 3.11. The van der Waals surface area contributed by atoms with Crippen LogP contribution in [0.4, 0.5) is 8.78 Å². The van der Waals surface area contributed by atoms with Crippen molar-refractivity contribution in [1.82, 2.24) is 9.38 Å². The lowest BCUT2D eigenvalue weighted by Crippen LogP contribution is -1.92. The molecule has 26 heavy (non-hydrogen) atoms.